The molecule has 0 bridgehead atoms. The van der Waals surface area contributed by atoms with Gasteiger partial charge >= 0.3 is 0 Å². The minimum Gasteiger partial charge on any atom is -0.263 e. The molecule has 2 aromatic rings. The van der Waals surface area contributed by atoms with Crippen LogP contribution in [0, 0.1) is 0 Å². The molecule has 30 heavy (non-hydrogen) atoms. The summed E-state index contributed by atoms with van der Waals surface area (Å²) in [6, 6.07) is 8.60. The highest BCUT2D eigenvalue weighted by molar-refractivity contribution is 7.93. The highest BCUT2D eigenvalue weighted by Crippen LogP contribution is 2.40. The van der Waals surface area contributed by atoms with Crippen LogP contribution in [0.3, 0.4) is 0 Å². The van der Waals surface area contributed by atoms with Gasteiger partial charge in [-0.3, -0.25) is 4.31 Å². The summed E-state index contributed by atoms with van der Waals surface area (Å²) in [5, 5.41) is 0.359. The van der Waals surface area contributed by atoms with Crippen molar-refractivity contribution in [3.05, 3.63) is 52.0 Å². The van der Waals surface area contributed by atoms with Gasteiger partial charge in [0.1, 0.15) is 4.90 Å². The standard InChI is InChI=1S/C20H22Cl2N2O4S2/c1-14-11-15-12-17(29(25,26)23-9-3-2-4-10-23)6-8-19(15)24(14)30(27,28)20-13-16(21)5-7-18(20)22/h5-8,12-14H,2-4,9-11H2,1H3/t14-/m0/s1. The highest BCUT2D eigenvalue weighted by Gasteiger charge is 2.38. The number of hydrogen-bond acceptors (Lipinski definition) is 4. The molecule has 4 rings (SSSR count). The van der Waals surface area contributed by atoms with Gasteiger partial charge in [-0.25, -0.2) is 16.8 Å². The fraction of sp³-hybridized carbons (Fsp3) is 0.400. The lowest BCUT2D eigenvalue weighted by molar-refractivity contribution is 0.346. The number of halogens is 2. The predicted molar refractivity (Wildman–Crippen MR) is 118 cm³/mol. The van der Waals surface area contributed by atoms with Crippen LogP contribution >= 0.6 is 23.2 Å². The number of piperidine rings is 1. The van der Waals surface area contributed by atoms with Crippen molar-refractivity contribution in [1.29, 1.82) is 0 Å². The van der Waals surface area contributed by atoms with E-state index in [2.05, 4.69) is 0 Å². The molecule has 0 radical (unpaired) electrons. The zero-order valence-electron chi connectivity index (χ0n) is 16.4. The smallest absolute Gasteiger partial charge is 0.263 e. The van der Waals surface area contributed by atoms with Crippen LogP contribution in [0.4, 0.5) is 5.69 Å². The summed E-state index contributed by atoms with van der Waals surface area (Å²) in [5.41, 5.74) is 1.15. The van der Waals surface area contributed by atoms with Crippen molar-refractivity contribution in [1.82, 2.24) is 4.31 Å². The molecule has 0 saturated carbocycles. The van der Waals surface area contributed by atoms with Crippen molar-refractivity contribution >= 4 is 48.9 Å². The molecular formula is C20H22Cl2N2O4S2. The molecule has 0 unspecified atom stereocenters. The Morgan fingerprint density at radius 3 is 2.30 bits per heavy atom. The molecule has 0 aromatic heterocycles. The second kappa shape index (κ2) is 7.98. The van der Waals surface area contributed by atoms with E-state index in [9.17, 15) is 16.8 Å². The summed E-state index contributed by atoms with van der Waals surface area (Å²) in [6.45, 7) is 2.82. The third-order valence-electron chi connectivity index (χ3n) is 5.59. The SMILES string of the molecule is C[C@H]1Cc2cc(S(=O)(=O)N3CCCCC3)ccc2N1S(=O)(=O)c1cc(Cl)ccc1Cl. The summed E-state index contributed by atoms with van der Waals surface area (Å²) in [4.78, 5) is 0.136. The first-order chi connectivity index (χ1) is 14.1. The predicted octanol–water partition coefficient (Wildman–Crippen LogP) is 4.31. The van der Waals surface area contributed by atoms with Crippen LogP contribution in [0.2, 0.25) is 10.0 Å². The largest absolute Gasteiger partial charge is 0.266 e. The molecule has 0 spiro atoms. The Bertz CT molecular complexity index is 1190. The first-order valence-electron chi connectivity index (χ1n) is 9.75. The molecule has 0 amide bonds. The van der Waals surface area contributed by atoms with Gasteiger partial charge in [0.05, 0.1) is 15.6 Å². The Balaban J connectivity index is 1.74. The van der Waals surface area contributed by atoms with Crippen LogP contribution in [0.5, 0.6) is 0 Å². The normalized spacial score (nSPS) is 20.4. The van der Waals surface area contributed by atoms with Crippen LogP contribution < -0.4 is 4.31 Å². The second-order valence-corrected chi connectivity index (χ2v) is 12.2. The van der Waals surface area contributed by atoms with Crippen LogP contribution in [0.15, 0.2) is 46.2 Å². The first-order valence-corrected chi connectivity index (χ1v) is 13.4. The fourth-order valence-electron chi connectivity index (χ4n) is 4.14. The summed E-state index contributed by atoms with van der Waals surface area (Å²) >= 11 is 12.2. The van der Waals surface area contributed by atoms with Crippen LogP contribution in [0.1, 0.15) is 31.7 Å². The van der Waals surface area contributed by atoms with Crippen LogP contribution in [0.25, 0.3) is 0 Å². The lowest BCUT2D eigenvalue weighted by Crippen LogP contribution is -2.36. The van der Waals surface area contributed by atoms with E-state index >= 15 is 0 Å². The van der Waals surface area contributed by atoms with Crippen molar-refractivity contribution in [3.63, 3.8) is 0 Å². The molecule has 2 aliphatic rings. The van der Waals surface area contributed by atoms with E-state index in [1.807, 2.05) is 0 Å². The molecule has 162 valence electrons. The molecule has 0 N–H and O–H groups in total. The quantitative estimate of drug-likeness (QED) is 0.642. The molecule has 2 heterocycles. The molecule has 1 saturated heterocycles. The van der Waals surface area contributed by atoms with Crippen molar-refractivity contribution in [2.75, 3.05) is 17.4 Å². The molecule has 0 aliphatic carbocycles. The first kappa shape index (κ1) is 21.9. The van der Waals surface area contributed by atoms with Gasteiger partial charge < -0.3 is 0 Å². The molecular weight excluding hydrogens is 467 g/mol. The number of anilines is 1. The Hall–Kier alpha value is -1.32. The zero-order chi connectivity index (χ0) is 21.7. The Labute approximate surface area is 187 Å². The van der Waals surface area contributed by atoms with Gasteiger partial charge in [0.25, 0.3) is 10.0 Å². The molecule has 2 aliphatic heterocycles. The number of benzene rings is 2. The molecule has 2 aromatic carbocycles. The summed E-state index contributed by atoms with van der Waals surface area (Å²) in [5.74, 6) is 0. The average Bonchev–Trinajstić information content (AvgIpc) is 3.06. The van der Waals surface area contributed by atoms with Gasteiger partial charge in [0, 0.05) is 24.2 Å². The lowest BCUT2D eigenvalue weighted by Gasteiger charge is -2.26. The lowest BCUT2D eigenvalue weighted by atomic mass is 10.1. The van der Waals surface area contributed by atoms with Crippen LogP contribution in [-0.4, -0.2) is 40.3 Å². The van der Waals surface area contributed by atoms with E-state index < -0.39 is 20.0 Å². The summed E-state index contributed by atoms with van der Waals surface area (Å²) in [7, 11) is -7.56. The number of fused-ring (bicyclic) bond motifs is 1. The van der Waals surface area contributed by atoms with Crippen molar-refractivity contribution in [2.24, 2.45) is 0 Å². The van der Waals surface area contributed by atoms with E-state index in [1.54, 1.807) is 19.1 Å². The Kier molecular flexibility index (Phi) is 5.83. The second-order valence-electron chi connectivity index (χ2n) is 7.68. The van der Waals surface area contributed by atoms with E-state index in [0.717, 1.165) is 19.3 Å². The maximum absolute atomic E-state index is 13.4. The monoisotopic (exact) mass is 488 g/mol. The molecule has 1 atom stereocenters. The highest BCUT2D eigenvalue weighted by atomic mass is 35.5. The Morgan fingerprint density at radius 2 is 1.60 bits per heavy atom. The van der Waals surface area contributed by atoms with Crippen molar-refractivity contribution < 1.29 is 16.8 Å². The number of hydrogen-bond donors (Lipinski definition) is 0. The van der Waals surface area contributed by atoms with E-state index in [0.29, 0.717) is 30.8 Å². The van der Waals surface area contributed by atoms with E-state index in [4.69, 9.17) is 23.2 Å². The molecule has 10 heteroatoms. The van der Waals surface area contributed by atoms with Gasteiger partial charge in [-0.15, -0.1) is 0 Å². The topological polar surface area (TPSA) is 74.8 Å². The maximum Gasteiger partial charge on any atom is 0.266 e. The summed E-state index contributed by atoms with van der Waals surface area (Å²) in [6.07, 6.45) is 3.16. The van der Waals surface area contributed by atoms with Gasteiger partial charge in [0.15, 0.2) is 0 Å². The third kappa shape index (κ3) is 3.73. The van der Waals surface area contributed by atoms with E-state index in [-0.39, 0.29) is 25.9 Å². The van der Waals surface area contributed by atoms with Crippen molar-refractivity contribution in [3.8, 4) is 0 Å². The summed E-state index contributed by atoms with van der Waals surface area (Å²) < 4.78 is 55.6. The van der Waals surface area contributed by atoms with Gasteiger partial charge in [-0.05, 0) is 68.1 Å². The number of rotatable bonds is 4. The molecule has 1 fully saturated rings. The fourth-order valence-corrected chi connectivity index (χ4v) is 8.14. The minimum atomic E-state index is -3.97. The number of sulfonamides is 2. The van der Waals surface area contributed by atoms with Gasteiger partial charge in [-0.2, -0.15) is 4.31 Å². The van der Waals surface area contributed by atoms with E-state index in [1.165, 1.54) is 32.9 Å². The third-order valence-corrected chi connectivity index (χ3v) is 10.1. The average molecular weight is 489 g/mol. The Morgan fingerprint density at radius 1 is 0.900 bits per heavy atom. The van der Waals surface area contributed by atoms with Crippen molar-refractivity contribution in [2.45, 2.75) is 48.4 Å². The van der Waals surface area contributed by atoms with Gasteiger partial charge in [-0.1, -0.05) is 29.6 Å². The molecule has 6 nitrogen and oxygen atoms in total. The zero-order valence-corrected chi connectivity index (χ0v) is 19.5. The minimum absolute atomic E-state index is 0.0682. The number of nitrogens with zero attached hydrogens (tertiary/aromatic N) is 2. The van der Waals surface area contributed by atoms with Crippen LogP contribution in [-0.2, 0) is 26.5 Å². The van der Waals surface area contributed by atoms with Gasteiger partial charge in [0.2, 0.25) is 10.0 Å². The maximum atomic E-state index is 13.4.